The summed E-state index contributed by atoms with van der Waals surface area (Å²) in [5.74, 6) is 1.24. The summed E-state index contributed by atoms with van der Waals surface area (Å²) in [6, 6.07) is 5.94. The molecule has 27 heavy (non-hydrogen) atoms. The minimum absolute atomic E-state index is 0.144. The van der Waals surface area contributed by atoms with Crippen molar-refractivity contribution in [3.05, 3.63) is 42.0 Å². The Morgan fingerprint density at radius 3 is 2.59 bits per heavy atom. The fourth-order valence-corrected chi connectivity index (χ4v) is 2.75. The number of rotatable bonds is 7. The van der Waals surface area contributed by atoms with E-state index in [1.54, 1.807) is 20.5 Å². The Morgan fingerprint density at radius 2 is 1.96 bits per heavy atom. The fourth-order valence-electron chi connectivity index (χ4n) is 2.75. The highest BCUT2D eigenvalue weighted by Crippen LogP contribution is 2.26. The van der Waals surface area contributed by atoms with Crippen LogP contribution < -0.4 is 10.1 Å². The molecule has 0 saturated carbocycles. The number of imidazole rings is 1. The lowest BCUT2D eigenvalue weighted by Crippen LogP contribution is -2.22. The Kier molecular flexibility index (Phi) is 5.66. The quantitative estimate of drug-likeness (QED) is 0.686. The Hall–Kier alpha value is -3.00. The number of aryl methyl sites for hydroxylation is 2. The first-order chi connectivity index (χ1) is 13.0. The van der Waals surface area contributed by atoms with Gasteiger partial charge in [0.05, 0.1) is 31.4 Å². The summed E-state index contributed by atoms with van der Waals surface area (Å²) in [6.45, 7) is 6.55. The topological polar surface area (TPSA) is 87.0 Å². The molecule has 0 aliphatic carbocycles. The average Bonchev–Trinajstić information content (AvgIpc) is 3.09. The zero-order valence-electron chi connectivity index (χ0n) is 16.2. The van der Waals surface area contributed by atoms with E-state index in [0.29, 0.717) is 23.9 Å². The lowest BCUT2D eigenvalue weighted by Gasteiger charge is -2.15. The Bertz CT molecular complexity index is 924. The number of hydrogen-bond donors (Lipinski definition) is 1. The van der Waals surface area contributed by atoms with Gasteiger partial charge in [-0.15, -0.1) is 10.2 Å². The lowest BCUT2D eigenvalue weighted by atomic mass is 10.2. The summed E-state index contributed by atoms with van der Waals surface area (Å²) in [4.78, 5) is 8.84. The van der Waals surface area contributed by atoms with Gasteiger partial charge >= 0.3 is 0 Å². The number of pyridine rings is 1. The summed E-state index contributed by atoms with van der Waals surface area (Å²) in [6.07, 6.45) is 3.66. The minimum atomic E-state index is 0.144. The minimum Gasteiger partial charge on any atom is -0.479 e. The Balaban J connectivity index is 1.89. The molecular weight excluding hydrogens is 344 g/mol. The van der Waals surface area contributed by atoms with Crippen LogP contribution in [0.15, 0.2) is 30.7 Å². The molecule has 0 bridgehead atoms. The maximum atomic E-state index is 5.47. The van der Waals surface area contributed by atoms with Crippen molar-refractivity contribution in [3.8, 4) is 23.0 Å². The van der Waals surface area contributed by atoms with E-state index >= 15 is 0 Å². The molecular formula is C19H24N6O2. The first kappa shape index (κ1) is 18.8. The number of nitrogens with zero attached hydrogens (tertiary/aromatic N) is 5. The second-order valence-corrected chi connectivity index (χ2v) is 6.41. The molecule has 1 unspecified atom stereocenters. The first-order valence-electron chi connectivity index (χ1n) is 8.68. The summed E-state index contributed by atoms with van der Waals surface area (Å²) in [7, 11) is 3.27. The SMILES string of the molecule is COCC(C)Nc1nnc(-c2ccc(-n3cnc(C)c3)c(OC)n2)cc1C. The molecule has 1 N–H and O–H groups in total. The fraction of sp³-hybridized carbons (Fsp3) is 0.368. The van der Waals surface area contributed by atoms with E-state index < -0.39 is 0 Å². The Labute approximate surface area is 158 Å². The lowest BCUT2D eigenvalue weighted by molar-refractivity contribution is 0.190. The van der Waals surface area contributed by atoms with Gasteiger partial charge in [0.15, 0.2) is 5.82 Å². The van der Waals surface area contributed by atoms with Crippen molar-refractivity contribution < 1.29 is 9.47 Å². The van der Waals surface area contributed by atoms with Crippen LogP contribution in [0.4, 0.5) is 5.82 Å². The van der Waals surface area contributed by atoms with Gasteiger partial charge in [-0.05, 0) is 44.5 Å². The predicted molar refractivity (Wildman–Crippen MR) is 103 cm³/mol. The van der Waals surface area contributed by atoms with Gasteiger partial charge in [0.25, 0.3) is 0 Å². The first-order valence-corrected chi connectivity index (χ1v) is 8.68. The van der Waals surface area contributed by atoms with Crippen LogP contribution in [0, 0.1) is 13.8 Å². The molecule has 3 rings (SSSR count). The normalized spacial score (nSPS) is 12.0. The van der Waals surface area contributed by atoms with Crippen molar-refractivity contribution in [1.82, 2.24) is 24.7 Å². The smallest absolute Gasteiger partial charge is 0.238 e. The standard InChI is InChI=1S/C19H24N6O2/c1-12-8-16(23-24-18(12)21-14(3)10-26-4)15-6-7-17(19(22-15)27-5)25-9-13(2)20-11-25/h6-9,11,14H,10H2,1-5H3,(H,21,24). The molecule has 3 aromatic rings. The monoisotopic (exact) mass is 368 g/mol. The maximum absolute atomic E-state index is 5.47. The van der Waals surface area contributed by atoms with Crippen molar-refractivity contribution in [2.45, 2.75) is 26.8 Å². The van der Waals surface area contributed by atoms with Crippen molar-refractivity contribution in [3.63, 3.8) is 0 Å². The molecule has 3 heterocycles. The van der Waals surface area contributed by atoms with Crippen molar-refractivity contribution >= 4 is 5.82 Å². The van der Waals surface area contributed by atoms with E-state index in [1.165, 1.54) is 0 Å². The molecule has 0 aliphatic rings. The van der Waals surface area contributed by atoms with Crippen LogP contribution in [0.5, 0.6) is 5.88 Å². The van der Waals surface area contributed by atoms with Crippen molar-refractivity contribution in [2.24, 2.45) is 0 Å². The molecule has 8 heteroatoms. The molecule has 8 nitrogen and oxygen atoms in total. The van der Waals surface area contributed by atoms with Gasteiger partial charge in [0.2, 0.25) is 5.88 Å². The van der Waals surface area contributed by atoms with Gasteiger partial charge < -0.3 is 19.4 Å². The van der Waals surface area contributed by atoms with E-state index in [2.05, 4.69) is 25.5 Å². The second-order valence-electron chi connectivity index (χ2n) is 6.41. The van der Waals surface area contributed by atoms with Crippen LogP contribution >= 0.6 is 0 Å². The number of aromatic nitrogens is 5. The second kappa shape index (κ2) is 8.13. The summed E-state index contributed by atoms with van der Waals surface area (Å²) < 4.78 is 12.5. The highest BCUT2D eigenvalue weighted by Gasteiger charge is 2.13. The number of nitrogens with one attached hydrogen (secondary N) is 1. The molecule has 0 spiro atoms. The molecule has 0 radical (unpaired) electrons. The van der Waals surface area contributed by atoms with Crippen LogP contribution in [-0.4, -0.2) is 51.6 Å². The summed E-state index contributed by atoms with van der Waals surface area (Å²) in [5, 5.41) is 11.9. The highest BCUT2D eigenvalue weighted by atomic mass is 16.5. The molecule has 142 valence electrons. The van der Waals surface area contributed by atoms with Crippen molar-refractivity contribution in [1.29, 1.82) is 0 Å². The van der Waals surface area contributed by atoms with Crippen LogP contribution in [-0.2, 0) is 4.74 Å². The van der Waals surface area contributed by atoms with Crippen LogP contribution in [0.25, 0.3) is 17.1 Å². The number of methoxy groups -OCH3 is 2. The third kappa shape index (κ3) is 4.22. The van der Waals surface area contributed by atoms with Gasteiger partial charge in [-0.2, -0.15) is 0 Å². The molecule has 0 fully saturated rings. The zero-order valence-corrected chi connectivity index (χ0v) is 16.2. The van der Waals surface area contributed by atoms with E-state index in [9.17, 15) is 0 Å². The van der Waals surface area contributed by atoms with E-state index in [0.717, 1.165) is 22.8 Å². The maximum Gasteiger partial charge on any atom is 0.238 e. The third-order valence-corrected chi connectivity index (χ3v) is 4.07. The number of ether oxygens (including phenoxy) is 2. The molecule has 0 saturated heterocycles. The molecule has 0 aliphatic heterocycles. The molecule has 0 aromatic carbocycles. The number of hydrogen-bond acceptors (Lipinski definition) is 7. The van der Waals surface area contributed by atoms with Gasteiger partial charge in [0.1, 0.15) is 11.4 Å². The largest absolute Gasteiger partial charge is 0.479 e. The third-order valence-electron chi connectivity index (χ3n) is 4.07. The van der Waals surface area contributed by atoms with E-state index in [1.807, 2.05) is 49.7 Å². The number of anilines is 1. The van der Waals surface area contributed by atoms with Gasteiger partial charge in [-0.25, -0.2) is 9.97 Å². The molecule has 3 aromatic heterocycles. The van der Waals surface area contributed by atoms with Gasteiger partial charge in [0, 0.05) is 19.3 Å². The van der Waals surface area contributed by atoms with Crippen LogP contribution in [0.2, 0.25) is 0 Å². The summed E-state index contributed by atoms with van der Waals surface area (Å²) in [5.41, 5.74) is 4.10. The Morgan fingerprint density at radius 1 is 1.15 bits per heavy atom. The predicted octanol–water partition coefficient (Wildman–Crippen LogP) is 2.80. The average molecular weight is 368 g/mol. The zero-order chi connectivity index (χ0) is 19.4. The molecule has 1 atom stereocenters. The van der Waals surface area contributed by atoms with Gasteiger partial charge in [-0.1, -0.05) is 0 Å². The van der Waals surface area contributed by atoms with Crippen LogP contribution in [0.3, 0.4) is 0 Å². The van der Waals surface area contributed by atoms with Gasteiger partial charge in [-0.3, -0.25) is 0 Å². The molecule has 0 amide bonds. The summed E-state index contributed by atoms with van der Waals surface area (Å²) >= 11 is 0. The highest BCUT2D eigenvalue weighted by molar-refractivity contribution is 5.61. The van der Waals surface area contributed by atoms with Crippen LogP contribution in [0.1, 0.15) is 18.2 Å². The van der Waals surface area contributed by atoms with Crippen molar-refractivity contribution in [2.75, 3.05) is 26.1 Å². The van der Waals surface area contributed by atoms with E-state index in [4.69, 9.17) is 9.47 Å². The van der Waals surface area contributed by atoms with E-state index in [-0.39, 0.29) is 6.04 Å².